The Bertz CT molecular complexity index is 1830. The highest BCUT2D eigenvalue weighted by molar-refractivity contribution is 6.30. The maximum atomic E-state index is 12.5. The largest absolute Gasteiger partial charge is 0.367 e. The van der Waals surface area contributed by atoms with Gasteiger partial charge in [0.1, 0.15) is 28.4 Å². The van der Waals surface area contributed by atoms with Gasteiger partial charge in [0.15, 0.2) is 0 Å². The molecule has 3 N–H and O–H groups in total. The van der Waals surface area contributed by atoms with Crippen molar-refractivity contribution in [3.63, 3.8) is 0 Å². The number of fused-ring (bicyclic) bond motifs is 2. The van der Waals surface area contributed by atoms with Crippen LogP contribution in [0.4, 0.5) is 23.3 Å². The molecule has 214 valence electrons. The average molecular weight is 575 g/mol. The fourth-order valence-electron chi connectivity index (χ4n) is 4.24. The van der Waals surface area contributed by atoms with E-state index >= 15 is 0 Å². The number of rotatable bonds is 6. The molecule has 5 rings (SSSR count). The highest BCUT2D eigenvalue weighted by Crippen LogP contribution is 2.25. The van der Waals surface area contributed by atoms with Gasteiger partial charge in [0.05, 0.1) is 10.8 Å². The topological polar surface area (TPSA) is 119 Å². The van der Waals surface area contributed by atoms with Crippen LogP contribution in [0, 0.1) is 6.92 Å². The Morgan fingerprint density at radius 1 is 0.756 bits per heavy atom. The molecule has 5 aromatic heterocycles. The number of halogens is 1. The third kappa shape index (κ3) is 7.01. The number of anilines is 4. The van der Waals surface area contributed by atoms with E-state index in [1.54, 1.807) is 43.3 Å². The van der Waals surface area contributed by atoms with Gasteiger partial charge in [-0.25, -0.2) is 15.0 Å². The van der Waals surface area contributed by atoms with Crippen molar-refractivity contribution in [3.8, 4) is 0 Å². The van der Waals surface area contributed by atoms with Gasteiger partial charge < -0.3 is 25.1 Å². The molecule has 0 aliphatic carbocycles. The smallest absolute Gasteiger partial charge is 0.261 e. The summed E-state index contributed by atoms with van der Waals surface area (Å²) in [5.74, 6) is 2.50. The molecular weight excluding hydrogens is 540 g/mol. The monoisotopic (exact) mass is 574 g/mol. The Kier molecular flexibility index (Phi) is 8.92. The summed E-state index contributed by atoms with van der Waals surface area (Å²) in [6, 6.07) is 11.6. The summed E-state index contributed by atoms with van der Waals surface area (Å²) in [5.41, 5.74) is 0.973. The van der Waals surface area contributed by atoms with Crippen LogP contribution in [0.5, 0.6) is 0 Å². The molecule has 41 heavy (non-hydrogen) atoms. The number of aromatic nitrogens is 5. The maximum Gasteiger partial charge on any atom is 0.261 e. The summed E-state index contributed by atoms with van der Waals surface area (Å²) in [5, 5.41) is 12.8. The minimum absolute atomic E-state index is 0.0663. The molecule has 0 spiro atoms. The first-order valence-corrected chi connectivity index (χ1v) is 13.7. The van der Waals surface area contributed by atoms with Crippen LogP contribution >= 0.6 is 11.6 Å². The van der Waals surface area contributed by atoms with Crippen molar-refractivity contribution in [1.29, 1.82) is 0 Å². The van der Waals surface area contributed by atoms with Crippen molar-refractivity contribution in [2.75, 3.05) is 16.0 Å². The molecule has 10 nitrogen and oxygen atoms in total. The molecule has 0 aliphatic rings. The average Bonchev–Trinajstić information content (AvgIpc) is 2.88. The number of pyridine rings is 5. The van der Waals surface area contributed by atoms with Gasteiger partial charge in [0.2, 0.25) is 0 Å². The summed E-state index contributed by atoms with van der Waals surface area (Å²) < 4.78 is 3.09. The van der Waals surface area contributed by atoms with Gasteiger partial charge in [-0.3, -0.25) is 9.59 Å². The molecule has 5 aromatic rings. The fraction of sp³-hybridized carbons (Fsp3) is 0.300. The SMILES string of the molecule is CC(C)Nc1nc(Cl)cc2ccn(C)c(=O)c12.Cc1ccnc(Nc2cc3ccn(C)c(=O)c3c(NC(C)C)n2)c1. The Morgan fingerprint density at radius 3 is 1.83 bits per heavy atom. The van der Waals surface area contributed by atoms with E-state index in [1.807, 2.05) is 65.0 Å². The zero-order valence-corrected chi connectivity index (χ0v) is 25.0. The first-order chi connectivity index (χ1) is 19.4. The third-order valence-electron chi connectivity index (χ3n) is 6.11. The van der Waals surface area contributed by atoms with Crippen molar-refractivity contribution >= 4 is 56.4 Å². The Hall–Kier alpha value is -4.44. The number of hydrogen-bond donors (Lipinski definition) is 3. The van der Waals surface area contributed by atoms with Crippen molar-refractivity contribution in [3.05, 3.63) is 86.4 Å². The number of nitrogens with one attached hydrogen (secondary N) is 3. The van der Waals surface area contributed by atoms with Crippen LogP contribution in [0.3, 0.4) is 0 Å². The van der Waals surface area contributed by atoms with E-state index < -0.39 is 0 Å². The Morgan fingerprint density at radius 2 is 1.29 bits per heavy atom. The van der Waals surface area contributed by atoms with Gasteiger partial charge >= 0.3 is 0 Å². The number of hydrogen-bond acceptors (Lipinski definition) is 8. The molecule has 0 saturated heterocycles. The predicted octanol–water partition coefficient (Wildman–Crippen LogP) is 5.61. The minimum atomic E-state index is -0.0742. The summed E-state index contributed by atoms with van der Waals surface area (Å²) in [4.78, 5) is 37.7. The predicted molar refractivity (Wildman–Crippen MR) is 169 cm³/mol. The third-order valence-corrected chi connectivity index (χ3v) is 6.31. The summed E-state index contributed by atoms with van der Waals surface area (Å²) in [7, 11) is 3.46. The lowest BCUT2D eigenvalue weighted by atomic mass is 10.2. The molecule has 0 atom stereocenters. The van der Waals surface area contributed by atoms with E-state index in [1.165, 1.54) is 4.57 Å². The van der Waals surface area contributed by atoms with Crippen LogP contribution in [0.15, 0.2) is 64.6 Å². The molecule has 11 heteroatoms. The summed E-state index contributed by atoms with van der Waals surface area (Å²) in [6.45, 7) is 10.0. The van der Waals surface area contributed by atoms with Crippen LogP contribution in [0.1, 0.15) is 33.3 Å². The van der Waals surface area contributed by atoms with Gasteiger partial charge in [-0.15, -0.1) is 0 Å². The van der Waals surface area contributed by atoms with E-state index in [4.69, 9.17) is 11.6 Å². The van der Waals surface area contributed by atoms with Gasteiger partial charge in [0, 0.05) is 44.8 Å². The molecule has 0 bridgehead atoms. The molecule has 0 unspecified atom stereocenters. The minimum Gasteiger partial charge on any atom is -0.367 e. The number of nitrogens with zero attached hydrogens (tertiary/aromatic N) is 5. The van der Waals surface area contributed by atoms with Crippen LogP contribution in [-0.2, 0) is 14.1 Å². The van der Waals surface area contributed by atoms with Gasteiger partial charge in [-0.2, -0.15) is 0 Å². The second kappa shape index (κ2) is 12.4. The lowest BCUT2D eigenvalue weighted by Crippen LogP contribution is -2.20. The highest BCUT2D eigenvalue weighted by Gasteiger charge is 2.13. The molecule has 0 radical (unpaired) electrons. The lowest BCUT2D eigenvalue weighted by Gasteiger charge is -2.14. The second-order valence-electron chi connectivity index (χ2n) is 10.5. The zero-order chi connectivity index (χ0) is 29.8. The Balaban J connectivity index is 0.000000201. The summed E-state index contributed by atoms with van der Waals surface area (Å²) in [6.07, 6.45) is 5.24. The van der Waals surface area contributed by atoms with E-state index in [-0.39, 0.29) is 23.2 Å². The first kappa shape index (κ1) is 29.5. The maximum absolute atomic E-state index is 12.5. The molecule has 0 aromatic carbocycles. The molecule has 0 fully saturated rings. The van der Waals surface area contributed by atoms with Crippen LogP contribution in [0.2, 0.25) is 5.15 Å². The molecular formula is C30H35ClN8O2. The van der Waals surface area contributed by atoms with Crippen LogP contribution < -0.4 is 27.1 Å². The molecule has 0 aliphatic heterocycles. The normalized spacial score (nSPS) is 11.1. The molecule has 0 saturated carbocycles. The lowest BCUT2D eigenvalue weighted by molar-refractivity contribution is 0.866. The standard InChI is InChI=1S/C18H21N5O.C12H14ClN3O/c1-11(2)20-17-16-13(6-8-23(4)18(16)24)10-15(22-17)21-14-9-12(3)5-7-19-14;1-7(2)14-11-10-8(6-9(13)15-11)4-5-16(3)12(10)17/h5-11H,1-4H3,(H2,19,20,21,22);4-7H,1-3H3,(H,14,15). The highest BCUT2D eigenvalue weighted by atomic mass is 35.5. The zero-order valence-electron chi connectivity index (χ0n) is 24.3. The van der Waals surface area contributed by atoms with E-state index in [2.05, 4.69) is 30.9 Å². The Labute approximate surface area is 243 Å². The number of aryl methyl sites for hydroxylation is 3. The van der Waals surface area contributed by atoms with Crippen LogP contribution in [0.25, 0.3) is 21.5 Å². The van der Waals surface area contributed by atoms with E-state index in [0.29, 0.717) is 33.4 Å². The van der Waals surface area contributed by atoms with E-state index in [0.717, 1.165) is 22.2 Å². The molecule has 5 heterocycles. The van der Waals surface area contributed by atoms with Crippen molar-refractivity contribution in [2.24, 2.45) is 14.1 Å². The van der Waals surface area contributed by atoms with Crippen molar-refractivity contribution in [1.82, 2.24) is 24.1 Å². The van der Waals surface area contributed by atoms with Gasteiger partial charge in [-0.05, 0) is 87.4 Å². The molecule has 0 amide bonds. The van der Waals surface area contributed by atoms with Gasteiger partial charge in [-0.1, -0.05) is 11.6 Å². The fourth-order valence-corrected chi connectivity index (χ4v) is 4.44. The quantitative estimate of drug-likeness (QED) is 0.224. The summed E-state index contributed by atoms with van der Waals surface area (Å²) >= 11 is 5.94. The van der Waals surface area contributed by atoms with Gasteiger partial charge in [0.25, 0.3) is 11.1 Å². The second-order valence-corrected chi connectivity index (χ2v) is 10.9. The first-order valence-electron chi connectivity index (χ1n) is 13.3. The van der Waals surface area contributed by atoms with Crippen molar-refractivity contribution < 1.29 is 0 Å². The van der Waals surface area contributed by atoms with E-state index in [9.17, 15) is 9.59 Å². The van der Waals surface area contributed by atoms with Crippen LogP contribution in [-0.4, -0.2) is 36.2 Å². The van der Waals surface area contributed by atoms with Crippen molar-refractivity contribution in [2.45, 2.75) is 46.7 Å².